The molecular formula is C22H28ClF2N5O2S. The molecule has 4 rings (SSSR count). The number of likely N-dealkylation sites (N-methyl/N-ethyl adjacent to an activating group) is 2. The number of aromatic nitrogens is 1. The average Bonchev–Trinajstić information content (AvgIpc) is 2.73. The van der Waals surface area contributed by atoms with Crippen LogP contribution < -0.4 is 10.0 Å². The zero-order chi connectivity index (χ0) is 23.8. The molecule has 1 aromatic heterocycles. The van der Waals surface area contributed by atoms with Crippen LogP contribution in [0.1, 0.15) is 25.7 Å². The predicted octanol–water partition coefficient (Wildman–Crippen LogP) is 3.78. The molecule has 0 spiro atoms. The molecule has 0 amide bonds. The zero-order valence-corrected chi connectivity index (χ0v) is 20.1. The number of halogens is 3. The van der Waals surface area contributed by atoms with Crippen molar-refractivity contribution in [1.82, 2.24) is 14.8 Å². The predicted molar refractivity (Wildman–Crippen MR) is 125 cm³/mol. The summed E-state index contributed by atoms with van der Waals surface area (Å²) < 4.78 is 55.6. The number of likely N-dealkylation sites (tertiary alicyclic amines) is 1. The van der Waals surface area contributed by atoms with E-state index < -0.39 is 26.7 Å². The number of sulfonamides is 1. The number of benzene rings is 1. The third-order valence-electron chi connectivity index (χ3n) is 6.48. The zero-order valence-electron chi connectivity index (χ0n) is 18.6. The molecule has 7 nitrogen and oxygen atoms in total. The van der Waals surface area contributed by atoms with Gasteiger partial charge in [-0.05, 0) is 51.2 Å². The number of nitrogens with zero attached hydrogens (tertiary/aromatic N) is 3. The molecule has 1 aromatic carbocycles. The molecule has 11 heteroatoms. The van der Waals surface area contributed by atoms with E-state index in [9.17, 15) is 17.2 Å². The fraction of sp³-hybridized carbons (Fsp3) is 0.500. The van der Waals surface area contributed by atoms with Crippen molar-refractivity contribution in [3.8, 4) is 0 Å². The summed E-state index contributed by atoms with van der Waals surface area (Å²) in [5.74, 6) is -2.05. The molecule has 180 valence electrons. The minimum absolute atomic E-state index is 0.0728. The van der Waals surface area contributed by atoms with Crippen LogP contribution in [0.3, 0.4) is 0 Å². The fourth-order valence-corrected chi connectivity index (χ4v) is 6.03. The standard InChI is InChI=1S/C22H28ClF2N5O2S/c1-29-12-14(13-29)30(2)19-7-4-3-6-17(19)26-18-11-16(24)20(10-15(18)23)33(31,32)28-22-9-5-8-21(25)27-22/h5,8-11,14,17,19,26H,3-4,6-7,12-13H2,1-2H3,(H,27,28)/t17-,19-/m0/s1. The lowest BCUT2D eigenvalue weighted by Crippen LogP contribution is -2.62. The van der Waals surface area contributed by atoms with Crippen LogP contribution in [0.4, 0.5) is 20.3 Å². The van der Waals surface area contributed by atoms with Crippen molar-refractivity contribution < 1.29 is 17.2 Å². The Hall–Kier alpha value is -2.01. The summed E-state index contributed by atoms with van der Waals surface area (Å²) in [5, 5.41) is 3.46. The smallest absolute Gasteiger partial charge is 0.266 e. The van der Waals surface area contributed by atoms with E-state index in [1.807, 2.05) is 0 Å². The Morgan fingerprint density at radius 1 is 1.18 bits per heavy atom. The molecule has 1 saturated heterocycles. The SMILES string of the molecule is CN1CC(N(C)[C@H]2CCCC[C@@H]2Nc2cc(F)c(S(=O)(=O)Nc3cccc(F)n3)cc2Cl)C1. The summed E-state index contributed by atoms with van der Waals surface area (Å²) in [6.07, 6.45) is 4.15. The summed E-state index contributed by atoms with van der Waals surface area (Å²) in [7, 11) is -0.122. The van der Waals surface area contributed by atoms with Crippen LogP contribution in [0.25, 0.3) is 0 Å². The molecule has 2 fully saturated rings. The maximum Gasteiger partial charge on any atom is 0.266 e. The normalized spacial score (nSPS) is 22.2. The first-order chi connectivity index (χ1) is 15.6. The van der Waals surface area contributed by atoms with Gasteiger partial charge >= 0.3 is 0 Å². The minimum Gasteiger partial charge on any atom is -0.379 e. The number of rotatable bonds is 7. The second kappa shape index (κ2) is 9.69. The van der Waals surface area contributed by atoms with Crippen LogP contribution in [0, 0.1) is 11.8 Å². The highest BCUT2D eigenvalue weighted by Crippen LogP contribution is 2.33. The number of nitrogens with one attached hydrogen (secondary N) is 2. The van der Waals surface area contributed by atoms with Gasteiger partial charge in [0.2, 0.25) is 5.95 Å². The van der Waals surface area contributed by atoms with E-state index in [2.05, 4.69) is 38.9 Å². The second-order valence-electron chi connectivity index (χ2n) is 8.86. The van der Waals surface area contributed by atoms with Gasteiger partial charge in [-0.2, -0.15) is 4.39 Å². The van der Waals surface area contributed by atoms with E-state index >= 15 is 0 Å². The molecule has 2 aliphatic rings. The van der Waals surface area contributed by atoms with Gasteiger partial charge in [0, 0.05) is 31.2 Å². The molecule has 0 bridgehead atoms. The van der Waals surface area contributed by atoms with Gasteiger partial charge in [0.15, 0.2) is 0 Å². The monoisotopic (exact) mass is 499 g/mol. The lowest BCUT2D eigenvalue weighted by Gasteiger charge is -2.48. The molecule has 2 N–H and O–H groups in total. The average molecular weight is 500 g/mol. The maximum absolute atomic E-state index is 14.9. The molecule has 2 heterocycles. The third-order valence-corrected chi connectivity index (χ3v) is 8.16. The maximum atomic E-state index is 14.9. The van der Waals surface area contributed by atoms with E-state index in [0.29, 0.717) is 11.7 Å². The van der Waals surface area contributed by atoms with Gasteiger partial charge in [-0.3, -0.25) is 9.62 Å². The molecule has 0 unspecified atom stereocenters. The summed E-state index contributed by atoms with van der Waals surface area (Å²) in [6, 6.07) is 6.68. The van der Waals surface area contributed by atoms with Crippen LogP contribution in [-0.4, -0.2) is 68.5 Å². The van der Waals surface area contributed by atoms with Crippen LogP contribution in [0.15, 0.2) is 35.2 Å². The van der Waals surface area contributed by atoms with Crippen molar-refractivity contribution in [2.45, 2.75) is 48.7 Å². The van der Waals surface area contributed by atoms with Gasteiger partial charge in [0.25, 0.3) is 10.0 Å². The highest BCUT2D eigenvalue weighted by Gasteiger charge is 2.36. The number of hydrogen-bond donors (Lipinski definition) is 2. The lowest BCUT2D eigenvalue weighted by molar-refractivity contribution is 0.0269. The molecular weight excluding hydrogens is 472 g/mol. The Kier molecular flexibility index (Phi) is 7.09. The van der Waals surface area contributed by atoms with E-state index in [0.717, 1.165) is 57.0 Å². The van der Waals surface area contributed by atoms with Crippen molar-refractivity contribution in [3.05, 3.63) is 47.1 Å². The highest BCUT2D eigenvalue weighted by atomic mass is 35.5. The van der Waals surface area contributed by atoms with Gasteiger partial charge in [-0.25, -0.2) is 17.8 Å². The van der Waals surface area contributed by atoms with E-state index in [1.54, 1.807) is 0 Å². The summed E-state index contributed by atoms with van der Waals surface area (Å²) in [6.45, 7) is 2.05. The molecule has 2 aromatic rings. The quantitative estimate of drug-likeness (QED) is 0.564. The van der Waals surface area contributed by atoms with Crippen LogP contribution in [0.5, 0.6) is 0 Å². The Morgan fingerprint density at radius 2 is 1.91 bits per heavy atom. The molecule has 1 aliphatic heterocycles. The number of pyridine rings is 1. The summed E-state index contributed by atoms with van der Waals surface area (Å²) in [4.78, 5) is 7.50. The molecule has 0 radical (unpaired) electrons. The van der Waals surface area contributed by atoms with Gasteiger partial charge in [-0.15, -0.1) is 0 Å². The highest BCUT2D eigenvalue weighted by molar-refractivity contribution is 7.92. The van der Waals surface area contributed by atoms with E-state index in [1.165, 1.54) is 12.1 Å². The Morgan fingerprint density at radius 3 is 2.61 bits per heavy atom. The van der Waals surface area contributed by atoms with E-state index in [4.69, 9.17) is 11.6 Å². The van der Waals surface area contributed by atoms with Gasteiger partial charge in [0.1, 0.15) is 16.5 Å². The van der Waals surface area contributed by atoms with Crippen molar-refractivity contribution in [1.29, 1.82) is 0 Å². The van der Waals surface area contributed by atoms with Gasteiger partial charge in [0.05, 0.1) is 10.7 Å². The van der Waals surface area contributed by atoms with Crippen LogP contribution >= 0.6 is 11.6 Å². The fourth-order valence-electron chi connectivity index (χ4n) is 4.66. The van der Waals surface area contributed by atoms with Crippen molar-refractivity contribution in [2.75, 3.05) is 37.2 Å². The largest absolute Gasteiger partial charge is 0.379 e. The van der Waals surface area contributed by atoms with Crippen molar-refractivity contribution in [3.63, 3.8) is 0 Å². The van der Waals surface area contributed by atoms with Crippen molar-refractivity contribution >= 4 is 33.1 Å². The molecule has 2 atom stereocenters. The van der Waals surface area contributed by atoms with Gasteiger partial charge in [-0.1, -0.05) is 30.5 Å². The Bertz CT molecular complexity index is 1110. The Labute approximate surface area is 198 Å². The summed E-state index contributed by atoms with van der Waals surface area (Å²) in [5.41, 5.74) is 0.355. The Balaban J connectivity index is 1.52. The van der Waals surface area contributed by atoms with E-state index in [-0.39, 0.29) is 22.9 Å². The molecule has 1 aliphatic carbocycles. The minimum atomic E-state index is -4.35. The number of hydrogen-bond acceptors (Lipinski definition) is 6. The van der Waals surface area contributed by atoms with Crippen molar-refractivity contribution in [2.24, 2.45) is 0 Å². The molecule has 1 saturated carbocycles. The molecule has 33 heavy (non-hydrogen) atoms. The number of anilines is 2. The first-order valence-corrected chi connectivity index (χ1v) is 12.8. The van der Waals surface area contributed by atoms with Crippen LogP contribution in [-0.2, 0) is 10.0 Å². The topological polar surface area (TPSA) is 77.6 Å². The lowest BCUT2D eigenvalue weighted by atomic mass is 9.87. The summed E-state index contributed by atoms with van der Waals surface area (Å²) >= 11 is 6.38. The first-order valence-electron chi connectivity index (χ1n) is 11.0. The third kappa shape index (κ3) is 5.40. The van der Waals surface area contributed by atoms with Crippen LogP contribution in [0.2, 0.25) is 5.02 Å². The first kappa shape index (κ1) is 24.1. The van der Waals surface area contributed by atoms with Gasteiger partial charge < -0.3 is 10.2 Å². The second-order valence-corrected chi connectivity index (χ2v) is 10.9.